The van der Waals surface area contributed by atoms with E-state index in [0.717, 1.165) is 32.7 Å². The number of aliphatic hydroxyl groups excluding tert-OH is 1. The standard InChI is InChI=1S/C6H14N2O.C2H6O3S.K/c9-6-5-8-3-1-7-2-4-8;1-2-6(3,4)5;/h7,9H,1-6H2;2H2,1H3,(H,3,4,5);/q;;+1/p-1. The molecule has 1 saturated heterocycles. The van der Waals surface area contributed by atoms with Gasteiger partial charge in [-0.2, -0.15) is 0 Å². The topological polar surface area (TPSA) is 92.7 Å². The Hall–Kier alpha value is 1.43. The summed E-state index contributed by atoms with van der Waals surface area (Å²) in [5, 5.41) is 11.8. The Morgan fingerprint density at radius 3 is 2.12 bits per heavy atom. The number of aliphatic hydroxyl groups is 1. The zero-order valence-corrected chi connectivity index (χ0v) is 13.9. The number of piperazine rings is 1. The molecule has 0 unspecified atom stereocenters. The molecule has 0 aromatic rings. The predicted molar refractivity (Wildman–Crippen MR) is 56.6 cm³/mol. The molecule has 2 N–H and O–H groups in total. The van der Waals surface area contributed by atoms with E-state index < -0.39 is 10.1 Å². The van der Waals surface area contributed by atoms with Gasteiger partial charge in [0.25, 0.3) is 0 Å². The van der Waals surface area contributed by atoms with Crippen LogP contribution in [0.3, 0.4) is 0 Å². The van der Waals surface area contributed by atoms with Crippen LogP contribution in [-0.4, -0.2) is 68.1 Å². The van der Waals surface area contributed by atoms with Crippen LogP contribution in [0.2, 0.25) is 0 Å². The maximum Gasteiger partial charge on any atom is 1.00 e. The van der Waals surface area contributed by atoms with Gasteiger partial charge in [-0.1, -0.05) is 6.92 Å². The van der Waals surface area contributed by atoms with Gasteiger partial charge < -0.3 is 15.0 Å². The maximum absolute atomic E-state index is 9.44. The predicted octanol–water partition coefficient (Wildman–Crippen LogP) is -4.56. The monoisotopic (exact) mass is 278 g/mol. The molecule has 0 aromatic carbocycles. The summed E-state index contributed by atoms with van der Waals surface area (Å²) in [6.45, 7) is 6.74. The third-order valence-electron chi connectivity index (χ3n) is 1.98. The minimum atomic E-state index is -3.91. The van der Waals surface area contributed by atoms with Gasteiger partial charge in [0.1, 0.15) is 0 Å². The molecule has 0 atom stereocenters. The van der Waals surface area contributed by atoms with E-state index in [0.29, 0.717) is 6.61 Å². The van der Waals surface area contributed by atoms with Crippen LogP contribution in [0.5, 0.6) is 0 Å². The third kappa shape index (κ3) is 13.5. The summed E-state index contributed by atoms with van der Waals surface area (Å²) in [5.41, 5.74) is 0. The number of hydrogen-bond acceptors (Lipinski definition) is 6. The first-order valence-corrected chi connectivity index (χ1v) is 6.55. The van der Waals surface area contributed by atoms with Gasteiger partial charge in [0, 0.05) is 38.5 Å². The normalized spacial score (nSPS) is 16.9. The largest absolute Gasteiger partial charge is 1.00 e. The van der Waals surface area contributed by atoms with Crippen molar-refractivity contribution in [3.8, 4) is 0 Å². The Kier molecular flexibility index (Phi) is 14.2. The minimum absolute atomic E-state index is 0. The molecule has 1 aliphatic rings. The molecule has 8 heteroatoms. The van der Waals surface area contributed by atoms with Crippen molar-refractivity contribution < 1.29 is 69.5 Å². The van der Waals surface area contributed by atoms with E-state index in [-0.39, 0.29) is 57.1 Å². The fourth-order valence-electron chi connectivity index (χ4n) is 1.08. The number of nitrogens with one attached hydrogen (secondary N) is 1. The fraction of sp³-hybridized carbons (Fsp3) is 1.00. The Morgan fingerprint density at radius 1 is 1.38 bits per heavy atom. The molecule has 0 saturated carbocycles. The van der Waals surface area contributed by atoms with Crippen LogP contribution in [0.1, 0.15) is 6.92 Å². The molecule has 0 bridgehead atoms. The van der Waals surface area contributed by atoms with Crippen molar-refractivity contribution >= 4 is 10.1 Å². The second-order valence-electron chi connectivity index (χ2n) is 3.16. The molecular weight excluding hydrogens is 259 g/mol. The van der Waals surface area contributed by atoms with E-state index in [2.05, 4.69) is 10.2 Å². The second kappa shape index (κ2) is 11.5. The van der Waals surface area contributed by atoms with Gasteiger partial charge in [0.15, 0.2) is 0 Å². The first kappa shape index (κ1) is 19.8. The van der Waals surface area contributed by atoms with Crippen molar-refractivity contribution in [3.63, 3.8) is 0 Å². The summed E-state index contributed by atoms with van der Waals surface area (Å²) in [6.07, 6.45) is 0. The van der Waals surface area contributed by atoms with Crippen molar-refractivity contribution in [1.29, 1.82) is 0 Å². The van der Waals surface area contributed by atoms with Crippen LogP contribution in [0.4, 0.5) is 0 Å². The Labute approximate surface area is 140 Å². The van der Waals surface area contributed by atoms with Gasteiger partial charge >= 0.3 is 51.4 Å². The van der Waals surface area contributed by atoms with E-state index in [4.69, 9.17) is 5.11 Å². The van der Waals surface area contributed by atoms with Gasteiger partial charge in [-0.15, -0.1) is 0 Å². The van der Waals surface area contributed by atoms with Gasteiger partial charge in [-0.25, -0.2) is 8.42 Å². The molecule has 1 aliphatic heterocycles. The molecule has 92 valence electrons. The van der Waals surface area contributed by atoms with E-state index >= 15 is 0 Å². The van der Waals surface area contributed by atoms with Crippen LogP contribution < -0.4 is 56.7 Å². The average molecular weight is 278 g/mol. The molecule has 1 fully saturated rings. The molecule has 1 heterocycles. The Morgan fingerprint density at radius 2 is 1.81 bits per heavy atom. The molecule has 0 amide bonds. The van der Waals surface area contributed by atoms with Crippen LogP contribution >= 0.6 is 0 Å². The van der Waals surface area contributed by atoms with Crippen molar-refractivity contribution in [3.05, 3.63) is 0 Å². The summed E-state index contributed by atoms with van der Waals surface area (Å²) in [7, 11) is -3.91. The minimum Gasteiger partial charge on any atom is -0.748 e. The summed E-state index contributed by atoms with van der Waals surface area (Å²) in [6, 6.07) is 0. The van der Waals surface area contributed by atoms with Crippen LogP contribution in [0, 0.1) is 0 Å². The van der Waals surface area contributed by atoms with Crippen molar-refractivity contribution in [2.75, 3.05) is 45.1 Å². The first-order chi connectivity index (χ1) is 6.99. The number of hydrogen-bond donors (Lipinski definition) is 2. The van der Waals surface area contributed by atoms with Crippen LogP contribution in [0.25, 0.3) is 0 Å². The van der Waals surface area contributed by atoms with Gasteiger partial charge in [-0.05, 0) is 0 Å². The molecule has 0 radical (unpaired) electrons. The second-order valence-corrected chi connectivity index (χ2v) is 4.85. The zero-order chi connectivity index (χ0) is 11.7. The van der Waals surface area contributed by atoms with E-state index in [1.54, 1.807) is 0 Å². The van der Waals surface area contributed by atoms with E-state index in [9.17, 15) is 13.0 Å². The average Bonchev–Trinajstić information content (AvgIpc) is 2.20. The molecule has 16 heavy (non-hydrogen) atoms. The summed E-state index contributed by atoms with van der Waals surface area (Å²) in [4.78, 5) is 2.26. The number of rotatable bonds is 3. The van der Waals surface area contributed by atoms with Gasteiger partial charge in [0.2, 0.25) is 0 Å². The first-order valence-electron chi connectivity index (χ1n) is 4.97. The maximum atomic E-state index is 9.44. The molecule has 0 aromatic heterocycles. The summed E-state index contributed by atoms with van der Waals surface area (Å²) in [5.74, 6) is -0.312. The number of nitrogens with zero attached hydrogens (tertiary/aromatic N) is 1. The molecule has 0 spiro atoms. The van der Waals surface area contributed by atoms with E-state index in [1.165, 1.54) is 6.92 Å². The van der Waals surface area contributed by atoms with Crippen LogP contribution in [-0.2, 0) is 10.1 Å². The summed E-state index contributed by atoms with van der Waals surface area (Å²) >= 11 is 0. The molecule has 1 rings (SSSR count). The molecule has 6 nitrogen and oxygen atoms in total. The Bertz CT molecular complexity index is 240. The van der Waals surface area contributed by atoms with Crippen LogP contribution in [0.15, 0.2) is 0 Å². The summed E-state index contributed by atoms with van der Waals surface area (Å²) < 4.78 is 28.3. The Balaban J connectivity index is 0. The van der Waals surface area contributed by atoms with Crippen molar-refractivity contribution in [1.82, 2.24) is 10.2 Å². The fourth-order valence-corrected chi connectivity index (χ4v) is 1.08. The van der Waals surface area contributed by atoms with Gasteiger partial charge in [-0.3, -0.25) is 4.90 Å². The van der Waals surface area contributed by atoms with Crippen molar-refractivity contribution in [2.45, 2.75) is 6.92 Å². The molecular formula is C8H19KN2O4S. The van der Waals surface area contributed by atoms with Gasteiger partial charge in [0.05, 0.1) is 16.7 Å². The molecule has 0 aliphatic carbocycles. The smallest absolute Gasteiger partial charge is 0.748 e. The van der Waals surface area contributed by atoms with Crippen molar-refractivity contribution in [2.24, 2.45) is 0 Å². The zero-order valence-electron chi connectivity index (χ0n) is 9.98. The quantitative estimate of drug-likeness (QED) is 0.399. The van der Waals surface area contributed by atoms with E-state index in [1.807, 2.05) is 0 Å². The number of β-amino-alcohol motifs (C(OH)–C–C–N with tert-alkyl or cyclic N) is 1. The third-order valence-corrected chi connectivity index (χ3v) is 2.69. The SMILES string of the molecule is CCS(=O)(=O)[O-].OCCN1CCNCC1.[K+].